The Morgan fingerprint density at radius 2 is 1.80 bits per heavy atom. The van der Waals surface area contributed by atoms with Gasteiger partial charge in [-0.05, 0) is 34.7 Å². The van der Waals surface area contributed by atoms with Gasteiger partial charge in [-0.25, -0.2) is 0 Å². The minimum atomic E-state index is -4.22. The van der Waals surface area contributed by atoms with E-state index in [2.05, 4.69) is 9.71 Å². The molecule has 12 heteroatoms. The van der Waals surface area contributed by atoms with Gasteiger partial charge in [0, 0.05) is 0 Å². The Bertz CT molecular complexity index is 1140. The number of benzene rings is 2. The Hall–Kier alpha value is -2.06. The summed E-state index contributed by atoms with van der Waals surface area (Å²) in [5.41, 5.74) is 0. The van der Waals surface area contributed by atoms with Gasteiger partial charge in [0.15, 0.2) is 5.17 Å². The van der Waals surface area contributed by atoms with E-state index in [0.717, 1.165) is 5.39 Å². The third-order valence-electron chi connectivity index (χ3n) is 4.96. The van der Waals surface area contributed by atoms with Gasteiger partial charge in [0.1, 0.15) is 24.4 Å². The van der Waals surface area contributed by atoms with E-state index in [1.165, 1.54) is 12.1 Å². The molecule has 0 saturated carbocycles. The zero-order chi connectivity index (χ0) is 21.7. The van der Waals surface area contributed by atoms with Gasteiger partial charge in [-0.3, -0.25) is 4.79 Å². The van der Waals surface area contributed by atoms with Crippen LogP contribution in [-0.2, 0) is 19.6 Å². The van der Waals surface area contributed by atoms with E-state index < -0.39 is 51.9 Å². The van der Waals surface area contributed by atoms with Gasteiger partial charge < -0.3 is 30.5 Å². The second-order valence-corrected chi connectivity index (χ2v) is 9.67. The van der Waals surface area contributed by atoms with Crippen molar-refractivity contribution in [1.82, 2.24) is 5.32 Å². The minimum absolute atomic E-state index is 0.0988. The molecule has 1 spiro atoms. The maximum atomic E-state index is 12.7. The number of carbonyl (C=O) groups excluding carboxylic acids is 1. The lowest BCUT2D eigenvalue weighted by Crippen LogP contribution is -2.66. The summed E-state index contributed by atoms with van der Waals surface area (Å²) in [6.07, 6.45) is -6.69. The molecule has 2 heterocycles. The highest BCUT2D eigenvalue weighted by Crippen LogP contribution is 2.43. The first-order valence-electron chi connectivity index (χ1n) is 8.85. The van der Waals surface area contributed by atoms with Gasteiger partial charge in [-0.15, -0.1) is 4.40 Å². The lowest BCUT2D eigenvalue weighted by Gasteiger charge is -2.43. The second kappa shape index (κ2) is 7.57. The van der Waals surface area contributed by atoms with E-state index in [0.29, 0.717) is 17.1 Å². The normalized spacial score (nSPS) is 33.3. The molecule has 2 aromatic rings. The quantitative estimate of drug-likeness (QED) is 0.388. The smallest absolute Gasteiger partial charge is 0.284 e. The summed E-state index contributed by atoms with van der Waals surface area (Å²) in [5.74, 6) is -0.961. The molecule has 2 aliphatic heterocycles. The molecule has 2 aromatic carbocycles. The minimum Gasteiger partial charge on any atom is -0.394 e. The number of thioether (sulfide) groups is 1. The van der Waals surface area contributed by atoms with E-state index in [9.17, 15) is 33.6 Å². The molecule has 0 unspecified atom stereocenters. The molecule has 0 aromatic heterocycles. The fourth-order valence-corrected chi connectivity index (χ4v) is 5.68. The molecule has 2 aliphatic rings. The molecule has 30 heavy (non-hydrogen) atoms. The summed E-state index contributed by atoms with van der Waals surface area (Å²) in [7, 11) is -4.22. The van der Waals surface area contributed by atoms with Crippen molar-refractivity contribution in [1.29, 1.82) is 0 Å². The number of ether oxygens (including phenoxy) is 1. The number of hydrogen-bond donors (Lipinski definition) is 5. The summed E-state index contributed by atoms with van der Waals surface area (Å²) in [4.78, 5) is 10.3. The number of amides is 1. The standard InChI is InChI=1S/C18H18N2O8S2/c21-8-12-13(22)14(23)15(24)18(28-12)16(25)19-17(29-18)20-30(26,27)11-6-5-9-3-1-2-4-10(9)7-11/h1-7,12-15,21-24H,8H2,(H,19,20,25)/t12-,13-,14+,15-,18-/m1/s1. The zero-order valence-electron chi connectivity index (χ0n) is 15.2. The van der Waals surface area contributed by atoms with E-state index >= 15 is 0 Å². The Labute approximate surface area is 175 Å². The van der Waals surface area contributed by atoms with Crippen LogP contribution in [0.3, 0.4) is 0 Å². The first-order valence-corrected chi connectivity index (χ1v) is 11.1. The van der Waals surface area contributed by atoms with Gasteiger partial charge in [0.25, 0.3) is 15.9 Å². The third-order valence-corrected chi connectivity index (χ3v) is 7.56. The zero-order valence-corrected chi connectivity index (χ0v) is 16.9. The maximum Gasteiger partial charge on any atom is 0.284 e. The van der Waals surface area contributed by atoms with Gasteiger partial charge in [0.05, 0.1) is 11.5 Å². The molecule has 0 bridgehead atoms. The van der Waals surface area contributed by atoms with Gasteiger partial charge >= 0.3 is 0 Å². The first-order chi connectivity index (χ1) is 14.2. The monoisotopic (exact) mass is 454 g/mol. The Morgan fingerprint density at radius 1 is 1.10 bits per heavy atom. The van der Waals surface area contributed by atoms with Crippen LogP contribution in [0.4, 0.5) is 0 Å². The summed E-state index contributed by atoms with van der Waals surface area (Å²) in [5, 5.41) is 43.0. The van der Waals surface area contributed by atoms with Crippen LogP contribution in [0.5, 0.6) is 0 Å². The van der Waals surface area contributed by atoms with Crippen molar-refractivity contribution in [2.24, 2.45) is 4.40 Å². The molecule has 5 atom stereocenters. The van der Waals surface area contributed by atoms with Gasteiger partial charge in [0.2, 0.25) is 4.93 Å². The number of fused-ring (bicyclic) bond motifs is 1. The summed E-state index contributed by atoms with van der Waals surface area (Å²) in [6.45, 7) is -0.734. The third kappa shape index (κ3) is 3.39. The largest absolute Gasteiger partial charge is 0.394 e. The lowest BCUT2D eigenvalue weighted by atomic mass is 9.94. The summed E-state index contributed by atoms with van der Waals surface area (Å²) in [6, 6.07) is 11.6. The SMILES string of the molecule is O=C1N/C(=N/S(=O)(=O)c2ccc3ccccc3c2)S[C@@]12O[C@H](CO)[C@@H](O)[C@H](O)[C@H]2O. The highest BCUT2D eigenvalue weighted by molar-refractivity contribution is 8.16. The van der Waals surface area contributed by atoms with Crippen molar-refractivity contribution in [2.75, 3.05) is 6.61 Å². The number of nitrogens with zero attached hydrogens (tertiary/aromatic N) is 1. The van der Waals surface area contributed by atoms with E-state index in [4.69, 9.17) is 4.74 Å². The van der Waals surface area contributed by atoms with E-state index in [1.807, 2.05) is 12.1 Å². The first kappa shape index (κ1) is 21.2. The van der Waals surface area contributed by atoms with Crippen molar-refractivity contribution in [2.45, 2.75) is 34.2 Å². The lowest BCUT2D eigenvalue weighted by molar-refractivity contribution is -0.236. The Morgan fingerprint density at radius 3 is 2.50 bits per heavy atom. The molecule has 2 fully saturated rings. The van der Waals surface area contributed by atoms with Crippen LogP contribution in [0.1, 0.15) is 0 Å². The van der Waals surface area contributed by atoms with Crippen LogP contribution in [-0.4, -0.2) is 75.9 Å². The highest BCUT2D eigenvalue weighted by Gasteiger charge is 2.62. The predicted octanol–water partition coefficient (Wildman–Crippen LogP) is -1.08. The predicted molar refractivity (Wildman–Crippen MR) is 107 cm³/mol. The number of amidine groups is 1. The number of hydrogen-bond acceptors (Lipinski definition) is 9. The van der Waals surface area contributed by atoms with Crippen molar-refractivity contribution in [3.05, 3.63) is 42.5 Å². The molecule has 0 aliphatic carbocycles. The van der Waals surface area contributed by atoms with Crippen molar-refractivity contribution in [3.8, 4) is 0 Å². The topological polar surface area (TPSA) is 166 Å². The fourth-order valence-electron chi connectivity index (χ4n) is 3.34. The van der Waals surface area contributed by atoms with Gasteiger partial charge in [-0.2, -0.15) is 8.42 Å². The van der Waals surface area contributed by atoms with Crippen LogP contribution >= 0.6 is 11.8 Å². The molecular weight excluding hydrogens is 436 g/mol. The number of rotatable bonds is 3. The second-order valence-electron chi connectivity index (χ2n) is 6.87. The van der Waals surface area contributed by atoms with E-state index in [1.54, 1.807) is 18.2 Å². The number of sulfonamides is 1. The molecule has 4 rings (SSSR count). The number of aliphatic hydroxyl groups is 4. The maximum absolute atomic E-state index is 12.7. The van der Waals surface area contributed by atoms with Crippen LogP contribution < -0.4 is 5.32 Å². The number of aliphatic hydroxyl groups excluding tert-OH is 4. The average molecular weight is 454 g/mol. The Balaban J connectivity index is 1.67. The molecule has 160 valence electrons. The van der Waals surface area contributed by atoms with Crippen LogP contribution in [0, 0.1) is 0 Å². The average Bonchev–Trinajstić information content (AvgIpc) is 3.03. The molecular formula is C18H18N2O8S2. The van der Waals surface area contributed by atoms with Gasteiger partial charge in [-0.1, -0.05) is 30.3 Å². The summed E-state index contributed by atoms with van der Waals surface area (Å²) >= 11 is 0.456. The molecule has 1 amide bonds. The molecule has 2 saturated heterocycles. The van der Waals surface area contributed by atoms with Crippen LogP contribution in [0.25, 0.3) is 10.8 Å². The van der Waals surface area contributed by atoms with Crippen molar-refractivity contribution >= 4 is 43.6 Å². The highest BCUT2D eigenvalue weighted by atomic mass is 32.2. The van der Waals surface area contributed by atoms with Crippen LogP contribution in [0.15, 0.2) is 51.8 Å². The van der Waals surface area contributed by atoms with E-state index in [-0.39, 0.29) is 10.1 Å². The molecule has 10 nitrogen and oxygen atoms in total. The van der Waals surface area contributed by atoms with Crippen LogP contribution in [0.2, 0.25) is 0 Å². The van der Waals surface area contributed by atoms with Crippen molar-refractivity contribution in [3.63, 3.8) is 0 Å². The molecule has 0 radical (unpaired) electrons. The number of nitrogens with one attached hydrogen (secondary N) is 1. The molecule has 5 N–H and O–H groups in total. The Kier molecular flexibility index (Phi) is 5.34. The van der Waals surface area contributed by atoms with Crippen molar-refractivity contribution < 1.29 is 38.4 Å². The summed E-state index contributed by atoms with van der Waals surface area (Å²) < 4.78 is 34.5. The fraction of sp³-hybridized carbons (Fsp3) is 0.333. The number of carbonyl (C=O) groups is 1.